The van der Waals surface area contributed by atoms with Gasteiger partial charge in [-0.25, -0.2) is 4.98 Å². The molecule has 1 aliphatic heterocycles. The van der Waals surface area contributed by atoms with Gasteiger partial charge in [-0.1, -0.05) is 42.5 Å². The highest BCUT2D eigenvalue weighted by Crippen LogP contribution is 2.44. The molecule has 2 amide bonds. The molecule has 0 unspecified atom stereocenters. The van der Waals surface area contributed by atoms with Crippen molar-refractivity contribution in [1.82, 2.24) is 9.88 Å². The average molecular weight is 487 g/mol. The van der Waals surface area contributed by atoms with E-state index in [1.165, 1.54) is 18.3 Å². The van der Waals surface area contributed by atoms with Gasteiger partial charge < -0.3 is 20.3 Å². The van der Waals surface area contributed by atoms with Gasteiger partial charge >= 0.3 is 0 Å². The fraction of sp³-hybridized carbons (Fsp3) is 0.222. The first-order chi connectivity index (χ1) is 16.9. The Morgan fingerprint density at radius 1 is 1.17 bits per heavy atom. The number of amides is 2. The monoisotopic (exact) mass is 486 g/mol. The number of thiophene rings is 1. The molecule has 0 saturated carbocycles. The van der Waals surface area contributed by atoms with E-state index in [2.05, 4.69) is 10.6 Å². The molecule has 0 radical (unpaired) electrons. The maximum absolute atomic E-state index is 13.9. The molecule has 0 saturated heterocycles. The summed E-state index contributed by atoms with van der Waals surface area (Å²) in [6.45, 7) is 4.32. The van der Waals surface area contributed by atoms with E-state index in [9.17, 15) is 9.59 Å². The van der Waals surface area contributed by atoms with E-state index in [1.807, 2.05) is 72.5 Å². The van der Waals surface area contributed by atoms with E-state index in [0.29, 0.717) is 23.7 Å². The molecule has 2 aromatic heterocycles. The number of anilines is 2. The van der Waals surface area contributed by atoms with Gasteiger partial charge in [0.15, 0.2) is 0 Å². The van der Waals surface area contributed by atoms with Gasteiger partial charge in [-0.2, -0.15) is 0 Å². The number of carbonyl (C=O) groups excluding carboxylic acids is 2. The van der Waals surface area contributed by atoms with Gasteiger partial charge in [0.1, 0.15) is 15.9 Å². The van der Waals surface area contributed by atoms with Crippen molar-refractivity contribution in [3.63, 3.8) is 0 Å². The molecule has 3 heterocycles. The third-order valence-corrected chi connectivity index (χ3v) is 7.03. The molecule has 0 bridgehead atoms. The van der Waals surface area contributed by atoms with Crippen molar-refractivity contribution >= 4 is 44.7 Å². The molecule has 1 aliphatic rings. The first-order valence-electron chi connectivity index (χ1n) is 11.4. The van der Waals surface area contributed by atoms with Gasteiger partial charge in [0.05, 0.1) is 12.3 Å². The van der Waals surface area contributed by atoms with Crippen molar-refractivity contribution in [2.24, 2.45) is 0 Å². The Kier molecular flexibility index (Phi) is 6.23. The quantitative estimate of drug-likeness (QED) is 0.377. The molecular weight excluding hydrogens is 460 g/mol. The Morgan fingerprint density at radius 3 is 2.60 bits per heavy atom. The lowest BCUT2D eigenvalue weighted by atomic mass is 10.0. The number of aromatic nitrogens is 1. The number of hydrogen-bond donors (Lipinski definition) is 2. The van der Waals surface area contributed by atoms with Crippen LogP contribution in [0, 0.1) is 6.92 Å². The number of hydrogen-bond acceptors (Lipinski definition) is 6. The summed E-state index contributed by atoms with van der Waals surface area (Å²) in [5.74, 6) is -0.167. The molecule has 2 aromatic carbocycles. The topological polar surface area (TPSA) is 83.6 Å². The lowest BCUT2D eigenvalue weighted by Gasteiger charge is -2.37. The normalized spacial score (nSPS) is 15.1. The Hall–Kier alpha value is -3.75. The highest BCUT2D eigenvalue weighted by molar-refractivity contribution is 7.21. The molecule has 7 nitrogen and oxygen atoms in total. The van der Waals surface area contributed by atoms with Gasteiger partial charge in [0.25, 0.3) is 5.91 Å². The number of carbonyl (C=O) groups is 2. The summed E-state index contributed by atoms with van der Waals surface area (Å²) in [7, 11) is 1.67. The lowest BCUT2D eigenvalue weighted by Crippen LogP contribution is -2.41. The maximum Gasteiger partial charge on any atom is 0.268 e. The third-order valence-electron chi connectivity index (χ3n) is 5.96. The molecule has 0 aliphatic carbocycles. The van der Waals surface area contributed by atoms with Crippen LogP contribution < -0.4 is 10.6 Å². The largest absolute Gasteiger partial charge is 0.380 e. The van der Waals surface area contributed by atoms with E-state index in [4.69, 9.17) is 9.72 Å². The standard InChI is InChI=1S/C27H26N4O3S/c1-16-13-20(15-34-3)22-23-24(35-26(22)28-16)27(33)31(14-18-7-5-4-6-8-18)25(30-23)19-9-11-21(12-10-19)29-17(2)32/h4-13,25,30H,14-15H2,1-3H3,(H,29,32)/t25-/m0/s1. The molecule has 4 aromatic rings. The van der Waals surface area contributed by atoms with Crippen LogP contribution >= 0.6 is 11.3 Å². The summed E-state index contributed by atoms with van der Waals surface area (Å²) >= 11 is 1.41. The fourth-order valence-corrected chi connectivity index (χ4v) is 5.68. The first kappa shape index (κ1) is 23.0. The predicted octanol–water partition coefficient (Wildman–Crippen LogP) is 5.48. The van der Waals surface area contributed by atoms with Crippen LogP contribution in [0.2, 0.25) is 0 Å². The van der Waals surface area contributed by atoms with Crippen LogP contribution in [-0.2, 0) is 22.7 Å². The summed E-state index contributed by atoms with van der Waals surface area (Å²) in [5, 5.41) is 7.38. The number of aryl methyl sites for hydroxylation is 1. The Balaban J connectivity index is 1.62. The number of nitrogens with one attached hydrogen (secondary N) is 2. The number of ether oxygens (including phenoxy) is 1. The van der Waals surface area contributed by atoms with Crippen molar-refractivity contribution < 1.29 is 14.3 Å². The molecule has 2 N–H and O–H groups in total. The highest BCUT2D eigenvalue weighted by Gasteiger charge is 2.36. The molecule has 1 atom stereocenters. The van der Waals surface area contributed by atoms with Crippen LogP contribution in [0.25, 0.3) is 10.2 Å². The van der Waals surface area contributed by atoms with Gasteiger partial charge in [-0.15, -0.1) is 11.3 Å². The van der Waals surface area contributed by atoms with Gasteiger partial charge in [0.2, 0.25) is 5.91 Å². The maximum atomic E-state index is 13.9. The van der Waals surface area contributed by atoms with Crippen molar-refractivity contribution in [3.05, 3.63) is 87.9 Å². The van der Waals surface area contributed by atoms with Gasteiger partial charge in [0, 0.05) is 37.3 Å². The Labute approximate surface area is 207 Å². The summed E-state index contributed by atoms with van der Waals surface area (Å²) in [6, 6.07) is 19.5. The first-order valence-corrected chi connectivity index (χ1v) is 12.2. The van der Waals surface area contributed by atoms with Crippen LogP contribution in [0.15, 0.2) is 60.7 Å². The second-order valence-corrected chi connectivity index (χ2v) is 9.61. The van der Waals surface area contributed by atoms with E-state index in [1.54, 1.807) is 7.11 Å². The number of pyridine rings is 1. The van der Waals surface area contributed by atoms with Crippen molar-refractivity contribution in [2.45, 2.75) is 33.2 Å². The SMILES string of the molecule is COCc1cc(C)nc2sc3c(c12)N[C@H](c1ccc(NC(C)=O)cc1)N(Cc1ccccc1)C3=O. The zero-order valence-corrected chi connectivity index (χ0v) is 20.6. The second kappa shape index (κ2) is 9.48. The number of methoxy groups -OCH3 is 1. The Morgan fingerprint density at radius 2 is 1.91 bits per heavy atom. The fourth-order valence-electron chi connectivity index (χ4n) is 4.49. The summed E-state index contributed by atoms with van der Waals surface area (Å²) in [5.41, 5.74) is 5.37. The van der Waals surface area contributed by atoms with Crippen LogP contribution in [0.3, 0.4) is 0 Å². The smallest absolute Gasteiger partial charge is 0.268 e. The summed E-state index contributed by atoms with van der Waals surface area (Å²) in [6.07, 6.45) is -0.393. The van der Waals surface area contributed by atoms with Crippen LogP contribution in [-0.4, -0.2) is 28.8 Å². The van der Waals surface area contributed by atoms with Crippen LogP contribution in [0.4, 0.5) is 11.4 Å². The molecule has 8 heteroatoms. The van der Waals surface area contributed by atoms with Crippen LogP contribution in [0.1, 0.15) is 45.1 Å². The van der Waals surface area contributed by atoms with E-state index in [-0.39, 0.29) is 11.8 Å². The Bertz CT molecular complexity index is 1400. The minimum atomic E-state index is -0.393. The summed E-state index contributed by atoms with van der Waals surface area (Å²) in [4.78, 5) is 33.4. The predicted molar refractivity (Wildman–Crippen MR) is 138 cm³/mol. The minimum Gasteiger partial charge on any atom is -0.380 e. The molecule has 0 fully saturated rings. The van der Waals surface area contributed by atoms with Crippen molar-refractivity contribution in [3.8, 4) is 0 Å². The third kappa shape index (κ3) is 4.50. The second-order valence-electron chi connectivity index (χ2n) is 8.61. The van der Waals surface area contributed by atoms with Gasteiger partial charge in [-0.3, -0.25) is 9.59 Å². The molecule has 35 heavy (non-hydrogen) atoms. The molecule has 178 valence electrons. The summed E-state index contributed by atoms with van der Waals surface area (Å²) < 4.78 is 5.45. The molecule has 5 rings (SSSR count). The number of benzene rings is 2. The number of fused-ring (bicyclic) bond motifs is 3. The van der Waals surface area contributed by atoms with Crippen molar-refractivity contribution in [2.75, 3.05) is 17.7 Å². The zero-order chi connectivity index (χ0) is 24.5. The average Bonchev–Trinajstić information content (AvgIpc) is 3.20. The van der Waals surface area contributed by atoms with Crippen LogP contribution in [0.5, 0.6) is 0 Å². The van der Waals surface area contributed by atoms with Gasteiger partial charge in [-0.05, 0) is 41.8 Å². The number of nitrogens with zero attached hydrogens (tertiary/aromatic N) is 2. The minimum absolute atomic E-state index is 0.0393. The number of rotatable bonds is 6. The lowest BCUT2D eigenvalue weighted by molar-refractivity contribution is -0.114. The van der Waals surface area contributed by atoms with E-state index in [0.717, 1.165) is 38.3 Å². The highest BCUT2D eigenvalue weighted by atomic mass is 32.1. The van der Waals surface area contributed by atoms with E-state index >= 15 is 0 Å². The molecular formula is C27H26N4O3S. The zero-order valence-electron chi connectivity index (χ0n) is 19.8. The van der Waals surface area contributed by atoms with Crippen molar-refractivity contribution in [1.29, 1.82) is 0 Å². The van der Waals surface area contributed by atoms with E-state index < -0.39 is 6.17 Å². The molecule has 0 spiro atoms.